The molecule has 3 rings (SSSR count). The summed E-state index contributed by atoms with van der Waals surface area (Å²) in [5, 5.41) is 2.17. The fourth-order valence-corrected chi connectivity index (χ4v) is 2.23. The Morgan fingerprint density at radius 3 is 2.58 bits per heavy atom. The van der Waals surface area contributed by atoms with Gasteiger partial charge < -0.3 is 4.74 Å². The van der Waals surface area contributed by atoms with E-state index in [9.17, 15) is 0 Å². The van der Waals surface area contributed by atoms with Crippen molar-refractivity contribution >= 4 is 21.8 Å². The van der Waals surface area contributed by atoms with Crippen LogP contribution in [0.4, 0.5) is 0 Å². The first-order valence-corrected chi connectivity index (χ1v) is 6.13. The number of fused-ring (bicyclic) bond motifs is 3. The van der Waals surface area contributed by atoms with Gasteiger partial charge in [0, 0.05) is 24.1 Å². The molecule has 94 valence electrons. The third kappa shape index (κ3) is 1.98. The van der Waals surface area contributed by atoms with Crippen LogP contribution in [0.5, 0.6) is 0 Å². The molecule has 3 heteroatoms. The molecule has 0 spiro atoms. The maximum Gasteiger partial charge on any atom is 0.117 e. The Balaban J connectivity index is 2.31. The zero-order chi connectivity index (χ0) is 13.2. The van der Waals surface area contributed by atoms with Crippen molar-refractivity contribution in [3.63, 3.8) is 0 Å². The molecule has 0 saturated carbocycles. The highest BCUT2D eigenvalue weighted by Gasteiger charge is 2.10. The first kappa shape index (κ1) is 11.8. The van der Waals surface area contributed by atoms with Gasteiger partial charge in [-0.3, -0.25) is 4.98 Å². The van der Waals surface area contributed by atoms with Crippen LogP contribution in [0.25, 0.3) is 21.8 Å². The molecule has 2 aromatic heterocycles. The molecule has 0 aliphatic carbocycles. The van der Waals surface area contributed by atoms with Crippen molar-refractivity contribution in [2.75, 3.05) is 7.11 Å². The van der Waals surface area contributed by atoms with Gasteiger partial charge in [-0.1, -0.05) is 30.3 Å². The van der Waals surface area contributed by atoms with Crippen molar-refractivity contribution in [3.05, 3.63) is 60.9 Å². The molecule has 0 bridgehead atoms. The van der Waals surface area contributed by atoms with Crippen molar-refractivity contribution in [1.82, 2.24) is 9.97 Å². The minimum Gasteiger partial charge on any atom is -0.371 e. The Kier molecular flexibility index (Phi) is 2.97. The van der Waals surface area contributed by atoms with Gasteiger partial charge in [-0.15, -0.1) is 6.58 Å². The Morgan fingerprint density at radius 2 is 1.84 bits per heavy atom. The lowest BCUT2D eigenvalue weighted by atomic mass is 10.1. The molecule has 1 unspecified atom stereocenters. The van der Waals surface area contributed by atoms with Gasteiger partial charge in [0.05, 0.1) is 16.7 Å². The van der Waals surface area contributed by atoms with Gasteiger partial charge in [-0.2, -0.15) is 0 Å². The minimum atomic E-state index is -0.191. The normalized spacial score (nSPS) is 12.7. The Morgan fingerprint density at radius 1 is 1.11 bits per heavy atom. The average molecular weight is 250 g/mol. The van der Waals surface area contributed by atoms with Crippen LogP contribution in [0.2, 0.25) is 0 Å². The summed E-state index contributed by atoms with van der Waals surface area (Å²) in [4.78, 5) is 9.12. The molecule has 2 heterocycles. The van der Waals surface area contributed by atoms with Crippen LogP contribution >= 0.6 is 0 Å². The van der Waals surface area contributed by atoms with Gasteiger partial charge in [0.1, 0.15) is 6.10 Å². The quantitative estimate of drug-likeness (QED) is 0.525. The second-order valence-corrected chi connectivity index (χ2v) is 4.34. The molecule has 1 aromatic carbocycles. The summed E-state index contributed by atoms with van der Waals surface area (Å²) in [6.45, 7) is 3.77. The summed E-state index contributed by atoms with van der Waals surface area (Å²) in [6.07, 6.45) is 3.34. The van der Waals surface area contributed by atoms with E-state index in [2.05, 4.69) is 28.7 Å². The summed E-state index contributed by atoms with van der Waals surface area (Å²) in [5.74, 6) is 0. The van der Waals surface area contributed by atoms with Crippen LogP contribution in [0.3, 0.4) is 0 Å². The topological polar surface area (TPSA) is 35.0 Å². The first-order chi connectivity index (χ1) is 9.33. The fraction of sp³-hybridized carbons (Fsp3) is 0.125. The highest BCUT2D eigenvalue weighted by Crippen LogP contribution is 2.24. The average Bonchev–Trinajstić information content (AvgIpc) is 2.48. The lowest BCUT2D eigenvalue weighted by molar-refractivity contribution is 0.140. The minimum absolute atomic E-state index is 0.191. The van der Waals surface area contributed by atoms with E-state index in [-0.39, 0.29) is 6.10 Å². The number of ether oxygens (including phenoxy) is 1. The number of nitrogens with zero attached hydrogens (tertiary/aromatic N) is 2. The van der Waals surface area contributed by atoms with Crippen LogP contribution in [0.1, 0.15) is 11.8 Å². The Hall–Kier alpha value is -2.26. The molecule has 0 amide bonds. The molecule has 0 radical (unpaired) electrons. The van der Waals surface area contributed by atoms with Crippen molar-refractivity contribution < 1.29 is 4.74 Å². The Bertz CT molecular complexity index is 752. The van der Waals surface area contributed by atoms with Crippen LogP contribution in [0.15, 0.2) is 55.3 Å². The van der Waals surface area contributed by atoms with Gasteiger partial charge in [-0.05, 0) is 12.1 Å². The molecule has 19 heavy (non-hydrogen) atoms. The molecule has 3 nitrogen and oxygen atoms in total. The van der Waals surface area contributed by atoms with Gasteiger partial charge >= 0.3 is 0 Å². The van der Waals surface area contributed by atoms with Crippen LogP contribution in [-0.4, -0.2) is 17.1 Å². The lowest BCUT2D eigenvalue weighted by Crippen LogP contribution is -2.00. The predicted molar refractivity (Wildman–Crippen MR) is 77.0 cm³/mol. The van der Waals surface area contributed by atoms with E-state index in [1.165, 1.54) is 0 Å². The van der Waals surface area contributed by atoms with Crippen molar-refractivity contribution in [2.45, 2.75) is 6.10 Å². The van der Waals surface area contributed by atoms with Gasteiger partial charge in [0.2, 0.25) is 0 Å². The molecular weight excluding hydrogens is 236 g/mol. The third-order valence-corrected chi connectivity index (χ3v) is 3.21. The number of pyridine rings is 2. The smallest absolute Gasteiger partial charge is 0.117 e. The first-order valence-electron chi connectivity index (χ1n) is 6.13. The molecule has 0 N–H and O–H groups in total. The van der Waals surface area contributed by atoms with E-state index >= 15 is 0 Å². The summed E-state index contributed by atoms with van der Waals surface area (Å²) < 4.78 is 5.35. The second kappa shape index (κ2) is 4.78. The van der Waals surface area contributed by atoms with E-state index in [0.29, 0.717) is 0 Å². The maximum atomic E-state index is 5.35. The number of methoxy groups -OCH3 is 1. The van der Waals surface area contributed by atoms with Crippen LogP contribution in [-0.2, 0) is 4.74 Å². The standard InChI is InChI=1S/C16H14N2O/c1-3-14(19-2)13-9-8-12-7-6-11-5-4-10-17-15(11)16(12)18-13/h3-10,14H,1H2,2H3. The predicted octanol–water partition coefficient (Wildman–Crippen LogP) is 3.66. The highest BCUT2D eigenvalue weighted by molar-refractivity contribution is 6.02. The van der Waals surface area contributed by atoms with Crippen molar-refractivity contribution in [2.24, 2.45) is 0 Å². The largest absolute Gasteiger partial charge is 0.371 e. The van der Waals surface area contributed by atoms with Crippen LogP contribution in [0, 0.1) is 0 Å². The number of benzene rings is 1. The van der Waals surface area contributed by atoms with Gasteiger partial charge in [-0.25, -0.2) is 4.98 Å². The molecule has 0 saturated heterocycles. The molecule has 0 aliphatic heterocycles. The third-order valence-electron chi connectivity index (χ3n) is 3.21. The monoisotopic (exact) mass is 250 g/mol. The molecule has 3 aromatic rings. The molecule has 0 aliphatic rings. The fourth-order valence-electron chi connectivity index (χ4n) is 2.23. The number of aromatic nitrogens is 2. The number of hydrogen-bond donors (Lipinski definition) is 0. The van der Waals surface area contributed by atoms with E-state index in [0.717, 1.165) is 27.5 Å². The van der Waals surface area contributed by atoms with E-state index in [1.54, 1.807) is 19.4 Å². The highest BCUT2D eigenvalue weighted by atomic mass is 16.5. The maximum absolute atomic E-state index is 5.35. The molecule has 0 fully saturated rings. The zero-order valence-corrected chi connectivity index (χ0v) is 10.7. The van der Waals surface area contributed by atoms with Crippen LogP contribution < -0.4 is 0 Å². The van der Waals surface area contributed by atoms with E-state index in [4.69, 9.17) is 4.74 Å². The van der Waals surface area contributed by atoms with E-state index < -0.39 is 0 Å². The second-order valence-electron chi connectivity index (χ2n) is 4.34. The summed E-state index contributed by atoms with van der Waals surface area (Å²) in [7, 11) is 1.65. The zero-order valence-electron chi connectivity index (χ0n) is 10.7. The summed E-state index contributed by atoms with van der Waals surface area (Å²) in [6, 6.07) is 12.1. The number of hydrogen-bond acceptors (Lipinski definition) is 3. The van der Waals surface area contributed by atoms with Gasteiger partial charge in [0.15, 0.2) is 0 Å². The van der Waals surface area contributed by atoms with Gasteiger partial charge in [0.25, 0.3) is 0 Å². The van der Waals surface area contributed by atoms with Crippen molar-refractivity contribution in [3.8, 4) is 0 Å². The SMILES string of the molecule is C=CC(OC)c1ccc2ccc3cccnc3c2n1. The van der Waals surface area contributed by atoms with E-state index in [1.807, 2.05) is 24.3 Å². The molecule has 1 atom stereocenters. The Labute approximate surface area is 111 Å². The molecular formula is C16H14N2O. The van der Waals surface area contributed by atoms with Crippen molar-refractivity contribution in [1.29, 1.82) is 0 Å². The summed E-state index contributed by atoms with van der Waals surface area (Å²) in [5.41, 5.74) is 2.67. The lowest BCUT2D eigenvalue weighted by Gasteiger charge is -2.11. The number of rotatable bonds is 3. The summed E-state index contributed by atoms with van der Waals surface area (Å²) >= 11 is 0.